The van der Waals surface area contributed by atoms with Crippen molar-refractivity contribution in [3.05, 3.63) is 58.3 Å². The first kappa shape index (κ1) is 19.9. The molecule has 3 unspecified atom stereocenters. The number of halogens is 1. The van der Waals surface area contributed by atoms with Gasteiger partial charge in [-0.3, -0.25) is 4.79 Å². The Bertz CT molecular complexity index is 654. The number of benzene rings is 1. The van der Waals surface area contributed by atoms with E-state index in [0.717, 1.165) is 10.4 Å². The Morgan fingerprint density at radius 3 is 2.76 bits per heavy atom. The first-order valence-corrected chi connectivity index (χ1v) is 8.95. The predicted octanol–water partition coefficient (Wildman–Crippen LogP) is 2.52. The third-order valence-electron chi connectivity index (χ3n) is 4.30. The Hall–Kier alpha value is -1.44. The Kier molecular flexibility index (Phi) is 7.40. The third kappa shape index (κ3) is 4.80. The molecule has 1 aromatic carbocycles. The molecule has 3 rings (SSSR count). The molecule has 1 aliphatic rings. The van der Waals surface area contributed by atoms with Crippen LogP contribution in [0, 0.1) is 0 Å². The molecule has 3 N–H and O–H groups in total. The van der Waals surface area contributed by atoms with E-state index in [-0.39, 0.29) is 24.4 Å². The fraction of sp³-hybridized carbons (Fsp3) is 0.389. The monoisotopic (exact) mass is 382 g/mol. The van der Waals surface area contributed by atoms with Gasteiger partial charge >= 0.3 is 0 Å². The maximum Gasteiger partial charge on any atom is 0.244 e. The number of morpholine rings is 1. The number of nitrogens with zero attached hydrogens (tertiary/aromatic N) is 1. The Labute approximate surface area is 157 Å². The molecule has 0 saturated carbocycles. The minimum atomic E-state index is -0.689. The van der Waals surface area contributed by atoms with Gasteiger partial charge in [-0.15, -0.1) is 23.7 Å². The quantitative estimate of drug-likeness (QED) is 0.833. The highest BCUT2D eigenvalue weighted by Crippen LogP contribution is 2.27. The average molecular weight is 383 g/mol. The van der Waals surface area contributed by atoms with Crippen molar-refractivity contribution >= 4 is 29.7 Å². The van der Waals surface area contributed by atoms with Gasteiger partial charge in [-0.25, -0.2) is 0 Å². The molecule has 1 aromatic heterocycles. The van der Waals surface area contributed by atoms with E-state index in [1.165, 1.54) is 11.3 Å². The summed E-state index contributed by atoms with van der Waals surface area (Å²) in [7, 11) is 0. The summed E-state index contributed by atoms with van der Waals surface area (Å²) in [5.74, 6) is -0.118. The van der Waals surface area contributed by atoms with E-state index in [4.69, 9.17) is 10.5 Å². The molecule has 0 bridgehead atoms. The van der Waals surface area contributed by atoms with Crippen molar-refractivity contribution in [2.24, 2.45) is 5.73 Å². The van der Waals surface area contributed by atoms with E-state index in [1.54, 1.807) is 4.90 Å². The number of amides is 1. The van der Waals surface area contributed by atoms with Gasteiger partial charge in [0, 0.05) is 17.8 Å². The van der Waals surface area contributed by atoms with Crippen molar-refractivity contribution in [3.8, 4) is 0 Å². The van der Waals surface area contributed by atoms with Crippen LogP contribution in [0.4, 0.5) is 0 Å². The zero-order valence-electron chi connectivity index (χ0n) is 13.8. The Morgan fingerprint density at radius 2 is 2.08 bits per heavy atom. The number of rotatable bonds is 5. The minimum absolute atomic E-state index is 0. The molecule has 0 aliphatic carbocycles. The molecule has 2 heterocycles. The molecular weight excluding hydrogens is 360 g/mol. The summed E-state index contributed by atoms with van der Waals surface area (Å²) in [5.41, 5.74) is 6.96. The number of hydrogen-bond acceptors (Lipinski definition) is 5. The van der Waals surface area contributed by atoms with Crippen LogP contribution in [0.2, 0.25) is 0 Å². The number of nitrogens with two attached hydrogens (primary N) is 1. The van der Waals surface area contributed by atoms with Crippen molar-refractivity contribution in [1.82, 2.24) is 4.90 Å². The van der Waals surface area contributed by atoms with Crippen LogP contribution in [0.15, 0.2) is 47.8 Å². The van der Waals surface area contributed by atoms with Crippen molar-refractivity contribution in [3.63, 3.8) is 0 Å². The van der Waals surface area contributed by atoms with Gasteiger partial charge in [-0.1, -0.05) is 36.4 Å². The fourth-order valence-corrected chi connectivity index (χ4v) is 3.70. The lowest BCUT2D eigenvalue weighted by Crippen LogP contribution is -2.52. The van der Waals surface area contributed by atoms with Gasteiger partial charge in [-0.05, 0) is 17.0 Å². The summed E-state index contributed by atoms with van der Waals surface area (Å²) in [6.45, 7) is 1.43. The molecule has 0 radical (unpaired) electrons. The second-order valence-corrected chi connectivity index (χ2v) is 6.89. The van der Waals surface area contributed by atoms with Crippen molar-refractivity contribution < 1.29 is 14.6 Å². The van der Waals surface area contributed by atoms with Gasteiger partial charge in [0.1, 0.15) is 6.04 Å². The second-order valence-electron chi connectivity index (χ2n) is 5.92. The lowest BCUT2D eigenvalue weighted by Gasteiger charge is -2.38. The normalized spacial score (nSPS) is 19.8. The molecule has 3 atom stereocenters. The highest BCUT2D eigenvalue weighted by atomic mass is 35.5. The molecule has 0 spiro atoms. The molecule has 1 amide bonds. The highest BCUT2D eigenvalue weighted by Gasteiger charge is 2.32. The summed E-state index contributed by atoms with van der Waals surface area (Å²) in [6, 6.07) is 12.3. The zero-order chi connectivity index (χ0) is 16.9. The van der Waals surface area contributed by atoms with Gasteiger partial charge in [0.05, 0.1) is 25.4 Å². The number of aliphatic hydroxyl groups is 1. The molecule has 25 heavy (non-hydrogen) atoms. The number of thiophene rings is 1. The van der Waals surface area contributed by atoms with Crippen molar-refractivity contribution in [1.29, 1.82) is 0 Å². The Morgan fingerprint density at radius 1 is 1.32 bits per heavy atom. The molecule has 1 fully saturated rings. The SMILES string of the molecule is Cl.NC(C(=O)N1CCOCC1CC(O)c1cccs1)c1ccccc1. The van der Waals surface area contributed by atoms with Crippen LogP contribution in [0.1, 0.15) is 29.0 Å². The number of carbonyl (C=O) groups excluding carboxylic acids is 1. The fourth-order valence-electron chi connectivity index (χ4n) is 2.98. The summed E-state index contributed by atoms with van der Waals surface area (Å²) >= 11 is 1.51. The lowest BCUT2D eigenvalue weighted by molar-refractivity contribution is -0.142. The molecule has 1 aliphatic heterocycles. The number of hydrogen-bond donors (Lipinski definition) is 2. The molecule has 1 saturated heterocycles. The average Bonchev–Trinajstić information content (AvgIpc) is 3.16. The van der Waals surface area contributed by atoms with E-state index in [2.05, 4.69) is 0 Å². The predicted molar refractivity (Wildman–Crippen MR) is 101 cm³/mol. The van der Waals surface area contributed by atoms with Gasteiger partial charge < -0.3 is 20.5 Å². The van der Waals surface area contributed by atoms with Crippen LogP contribution in [-0.2, 0) is 9.53 Å². The van der Waals surface area contributed by atoms with Gasteiger partial charge in [0.25, 0.3) is 0 Å². The lowest BCUT2D eigenvalue weighted by atomic mass is 10.0. The van der Waals surface area contributed by atoms with Crippen LogP contribution in [-0.4, -0.2) is 41.7 Å². The van der Waals surface area contributed by atoms with Crippen LogP contribution >= 0.6 is 23.7 Å². The van der Waals surface area contributed by atoms with Crippen LogP contribution in [0.5, 0.6) is 0 Å². The van der Waals surface area contributed by atoms with E-state index in [0.29, 0.717) is 26.2 Å². The van der Waals surface area contributed by atoms with E-state index in [9.17, 15) is 9.90 Å². The van der Waals surface area contributed by atoms with Crippen molar-refractivity contribution in [2.45, 2.75) is 24.6 Å². The third-order valence-corrected chi connectivity index (χ3v) is 5.28. The first-order valence-electron chi connectivity index (χ1n) is 8.07. The maximum atomic E-state index is 12.8. The van der Waals surface area contributed by atoms with E-state index in [1.807, 2.05) is 47.8 Å². The summed E-state index contributed by atoms with van der Waals surface area (Å²) < 4.78 is 5.52. The number of carbonyl (C=O) groups is 1. The highest BCUT2D eigenvalue weighted by molar-refractivity contribution is 7.10. The van der Waals surface area contributed by atoms with Gasteiger partial charge in [0.2, 0.25) is 5.91 Å². The second kappa shape index (κ2) is 9.31. The summed E-state index contributed by atoms with van der Waals surface area (Å²) in [4.78, 5) is 15.5. The minimum Gasteiger partial charge on any atom is -0.387 e. The zero-order valence-corrected chi connectivity index (χ0v) is 15.4. The van der Waals surface area contributed by atoms with Crippen LogP contribution < -0.4 is 5.73 Å². The molecule has 7 heteroatoms. The van der Waals surface area contributed by atoms with Gasteiger partial charge in [0.15, 0.2) is 0 Å². The maximum absolute atomic E-state index is 12.8. The number of ether oxygens (including phenoxy) is 1. The van der Waals surface area contributed by atoms with Crippen molar-refractivity contribution in [2.75, 3.05) is 19.8 Å². The smallest absolute Gasteiger partial charge is 0.244 e. The molecule has 2 aromatic rings. The molecular formula is C18H23ClN2O3S. The van der Waals surface area contributed by atoms with Crippen LogP contribution in [0.25, 0.3) is 0 Å². The van der Waals surface area contributed by atoms with E-state index >= 15 is 0 Å². The Balaban J connectivity index is 0.00000225. The molecule has 5 nitrogen and oxygen atoms in total. The number of aliphatic hydroxyl groups excluding tert-OH is 1. The summed E-state index contributed by atoms with van der Waals surface area (Å²) in [6.07, 6.45) is -0.145. The topological polar surface area (TPSA) is 75.8 Å². The van der Waals surface area contributed by atoms with E-state index < -0.39 is 12.1 Å². The van der Waals surface area contributed by atoms with Crippen LogP contribution in [0.3, 0.4) is 0 Å². The van der Waals surface area contributed by atoms with Gasteiger partial charge in [-0.2, -0.15) is 0 Å². The summed E-state index contributed by atoms with van der Waals surface area (Å²) in [5, 5.41) is 12.3. The first-order chi connectivity index (χ1) is 11.7. The molecule has 136 valence electrons. The standard InChI is InChI=1S/C18H22N2O3S.ClH/c19-17(13-5-2-1-3-6-13)18(22)20-8-9-23-12-14(20)11-15(21)16-7-4-10-24-16;/h1-7,10,14-15,17,21H,8-9,11-12,19H2;1H. The largest absolute Gasteiger partial charge is 0.387 e.